The lowest BCUT2D eigenvalue weighted by Crippen LogP contribution is -2.01. The predicted molar refractivity (Wildman–Crippen MR) is 85.5 cm³/mol. The summed E-state index contributed by atoms with van der Waals surface area (Å²) in [5, 5.41) is 5.77. The van der Waals surface area contributed by atoms with Crippen LogP contribution >= 0.6 is 23.2 Å². The molecule has 1 heterocycles. The van der Waals surface area contributed by atoms with Gasteiger partial charge in [-0.05, 0) is 35.9 Å². The van der Waals surface area contributed by atoms with Gasteiger partial charge in [0.2, 0.25) is 0 Å². The molecule has 3 aromatic rings. The molecule has 0 aliphatic carbocycles. The number of benzene rings is 2. The smallest absolute Gasteiger partial charge is 0.0948 e. The van der Waals surface area contributed by atoms with E-state index in [-0.39, 0.29) is 0 Å². The van der Waals surface area contributed by atoms with E-state index < -0.39 is 0 Å². The molecule has 2 nitrogen and oxygen atoms in total. The lowest BCUT2D eigenvalue weighted by molar-refractivity contribution is 1.15. The highest BCUT2D eigenvalue weighted by Crippen LogP contribution is 2.28. The van der Waals surface area contributed by atoms with E-state index in [2.05, 4.69) is 10.3 Å². The number of halogens is 2. The molecule has 0 aliphatic heterocycles. The predicted octanol–water partition coefficient (Wildman–Crippen LogP) is 5.15. The Balaban J connectivity index is 1.92. The van der Waals surface area contributed by atoms with Crippen molar-refractivity contribution in [1.82, 2.24) is 4.98 Å². The zero-order valence-corrected chi connectivity index (χ0v) is 12.1. The summed E-state index contributed by atoms with van der Waals surface area (Å²) in [5.74, 6) is 0. The van der Waals surface area contributed by atoms with E-state index in [1.165, 1.54) is 0 Å². The summed E-state index contributed by atoms with van der Waals surface area (Å²) in [7, 11) is 0. The summed E-state index contributed by atoms with van der Waals surface area (Å²) in [6.07, 6.45) is 1.76. The van der Waals surface area contributed by atoms with Crippen LogP contribution in [0.5, 0.6) is 0 Å². The maximum absolute atomic E-state index is 6.18. The maximum atomic E-state index is 6.18. The lowest BCUT2D eigenvalue weighted by Gasteiger charge is -2.11. The van der Waals surface area contributed by atoms with Crippen LogP contribution in [-0.2, 0) is 6.54 Å². The van der Waals surface area contributed by atoms with Gasteiger partial charge in [-0.2, -0.15) is 0 Å². The van der Waals surface area contributed by atoms with Gasteiger partial charge in [-0.25, -0.2) is 0 Å². The maximum Gasteiger partial charge on any atom is 0.0948 e. The highest BCUT2D eigenvalue weighted by Gasteiger charge is 2.06. The van der Waals surface area contributed by atoms with Gasteiger partial charge in [0.1, 0.15) is 0 Å². The molecule has 0 aliphatic rings. The molecule has 1 N–H and O–H groups in total. The molecule has 2 aromatic carbocycles. The fraction of sp³-hybridized carbons (Fsp3) is 0.0625. The van der Waals surface area contributed by atoms with Crippen LogP contribution < -0.4 is 5.32 Å². The summed E-state index contributed by atoms with van der Waals surface area (Å²) >= 11 is 12.3. The van der Waals surface area contributed by atoms with Crippen LogP contribution in [0, 0.1) is 0 Å². The standard InChI is InChI=1S/C16H12Cl2N2/c17-13-6-2-1-4-11(13)10-20-15-8-7-14(18)12-5-3-9-19-16(12)15/h1-9,20H,10H2. The Morgan fingerprint density at radius 3 is 2.60 bits per heavy atom. The van der Waals surface area contributed by atoms with E-state index in [1.54, 1.807) is 6.20 Å². The summed E-state index contributed by atoms with van der Waals surface area (Å²) in [5.41, 5.74) is 2.87. The summed E-state index contributed by atoms with van der Waals surface area (Å²) < 4.78 is 0. The van der Waals surface area contributed by atoms with Gasteiger partial charge in [0, 0.05) is 23.2 Å². The third-order valence-electron chi connectivity index (χ3n) is 3.14. The van der Waals surface area contributed by atoms with Crippen LogP contribution in [0.15, 0.2) is 54.7 Å². The second kappa shape index (κ2) is 5.70. The molecule has 0 unspecified atom stereocenters. The van der Waals surface area contributed by atoms with Crippen molar-refractivity contribution in [3.63, 3.8) is 0 Å². The molecule has 3 rings (SSSR count). The highest BCUT2D eigenvalue weighted by molar-refractivity contribution is 6.35. The molecule has 0 fully saturated rings. The van der Waals surface area contributed by atoms with E-state index in [9.17, 15) is 0 Å². The van der Waals surface area contributed by atoms with E-state index in [0.717, 1.165) is 27.2 Å². The SMILES string of the molecule is Clc1ccccc1CNc1ccc(Cl)c2cccnc12. The first kappa shape index (κ1) is 13.2. The second-order valence-corrected chi connectivity index (χ2v) is 5.25. The highest BCUT2D eigenvalue weighted by atomic mass is 35.5. The number of anilines is 1. The number of hydrogen-bond acceptors (Lipinski definition) is 2. The minimum Gasteiger partial charge on any atom is -0.379 e. The molecule has 0 atom stereocenters. The van der Waals surface area contributed by atoms with Gasteiger partial charge in [-0.3, -0.25) is 4.98 Å². The molecule has 0 bridgehead atoms. The van der Waals surface area contributed by atoms with Gasteiger partial charge in [0.05, 0.1) is 16.2 Å². The number of nitrogens with one attached hydrogen (secondary N) is 1. The molecule has 0 amide bonds. The lowest BCUT2D eigenvalue weighted by atomic mass is 10.1. The molecular formula is C16H12Cl2N2. The summed E-state index contributed by atoms with van der Waals surface area (Å²) in [6.45, 7) is 0.646. The van der Waals surface area contributed by atoms with Crippen LogP contribution in [-0.4, -0.2) is 4.98 Å². The second-order valence-electron chi connectivity index (χ2n) is 4.44. The van der Waals surface area contributed by atoms with Crippen molar-refractivity contribution >= 4 is 39.8 Å². The Bertz CT molecular complexity index is 756. The van der Waals surface area contributed by atoms with Crippen molar-refractivity contribution in [2.75, 3.05) is 5.32 Å². The van der Waals surface area contributed by atoms with Crippen LogP contribution in [0.2, 0.25) is 10.0 Å². The number of hydrogen-bond donors (Lipinski definition) is 1. The van der Waals surface area contributed by atoms with Gasteiger partial charge >= 0.3 is 0 Å². The van der Waals surface area contributed by atoms with Crippen molar-refractivity contribution in [1.29, 1.82) is 0 Å². The van der Waals surface area contributed by atoms with Crippen LogP contribution in [0.4, 0.5) is 5.69 Å². The number of fused-ring (bicyclic) bond motifs is 1. The van der Waals surface area contributed by atoms with Crippen molar-refractivity contribution < 1.29 is 0 Å². The minimum absolute atomic E-state index is 0.646. The fourth-order valence-corrected chi connectivity index (χ4v) is 2.53. The Morgan fingerprint density at radius 2 is 1.75 bits per heavy atom. The van der Waals surface area contributed by atoms with Crippen molar-refractivity contribution in [3.8, 4) is 0 Å². The van der Waals surface area contributed by atoms with Gasteiger partial charge in [-0.15, -0.1) is 0 Å². The van der Waals surface area contributed by atoms with E-state index in [1.807, 2.05) is 48.5 Å². The Hall–Kier alpha value is -1.77. The largest absolute Gasteiger partial charge is 0.379 e. The third-order valence-corrected chi connectivity index (χ3v) is 3.84. The topological polar surface area (TPSA) is 24.9 Å². The van der Waals surface area contributed by atoms with Crippen molar-refractivity contribution in [2.24, 2.45) is 0 Å². The zero-order chi connectivity index (χ0) is 13.9. The van der Waals surface area contributed by atoms with Gasteiger partial charge in [0.25, 0.3) is 0 Å². The fourth-order valence-electron chi connectivity index (χ4n) is 2.11. The number of nitrogens with zero attached hydrogens (tertiary/aromatic N) is 1. The first-order chi connectivity index (χ1) is 9.75. The molecule has 4 heteroatoms. The first-order valence-electron chi connectivity index (χ1n) is 6.26. The first-order valence-corrected chi connectivity index (χ1v) is 7.02. The Morgan fingerprint density at radius 1 is 0.900 bits per heavy atom. The quantitative estimate of drug-likeness (QED) is 0.723. The van der Waals surface area contributed by atoms with Gasteiger partial charge in [0.15, 0.2) is 0 Å². The number of aromatic nitrogens is 1. The monoisotopic (exact) mass is 302 g/mol. The average molecular weight is 303 g/mol. The zero-order valence-electron chi connectivity index (χ0n) is 10.6. The normalized spacial score (nSPS) is 10.7. The summed E-state index contributed by atoms with van der Waals surface area (Å²) in [4.78, 5) is 4.40. The number of rotatable bonds is 3. The average Bonchev–Trinajstić information content (AvgIpc) is 2.48. The van der Waals surface area contributed by atoms with Crippen molar-refractivity contribution in [3.05, 3.63) is 70.3 Å². The molecule has 20 heavy (non-hydrogen) atoms. The van der Waals surface area contributed by atoms with E-state index in [0.29, 0.717) is 11.6 Å². The molecule has 0 spiro atoms. The number of pyridine rings is 1. The Labute approximate surface area is 127 Å². The molecule has 0 saturated heterocycles. The van der Waals surface area contributed by atoms with Crippen LogP contribution in [0.25, 0.3) is 10.9 Å². The van der Waals surface area contributed by atoms with Crippen molar-refractivity contribution in [2.45, 2.75) is 6.54 Å². The van der Waals surface area contributed by atoms with E-state index in [4.69, 9.17) is 23.2 Å². The van der Waals surface area contributed by atoms with Gasteiger partial charge < -0.3 is 5.32 Å². The van der Waals surface area contributed by atoms with Crippen LogP contribution in [0.1, 0.15) is 5.56 Å². The Kier molecular flexibility index (Phi) is 3.77. The van der Waals surface area contributed by atoms with E-state index >= 15 is 0 Å². The molecular weight excluding hydrogens is 291 g/mol. The minimum atomic E-state index is 0.646. The van der Waals surface area contributed by atoms with Gasteiger partial charge in [-0.1, -0.05) is 41.4 Å². The third kappa shape index (κ3) is 2.58. The molecule has 0 saturated carbocycles. The molecule has 1 aromatic heterocycles. The summed E-state index contributed by atoms with van der Waals surface area (Å²) in [6, 6.07) is 15.4. The van der Waals surface area contributed by atoms with Crippen LogP contribution in [0.3, 0.4) is 0 Å². The molecule has 0 radical (unpaired) electrons. The molecule has 100 valence electrons.